The molecule has 0 amide bonds. The Hall–Kier alpha value is -1.16. The van der Waals surface area contributed by atoms with Gasteiger partial charge in [-0.05, 0) is 22.0 Å². The summed E-state index contributed by atoms with van der Waals surface area (Å²) in [5, 5.41) is 0. The minimum atomic E-state index is -0.189. The monoisotopic (exact) mass is 241 g/mol. The Bertz CT molecular complexity index is 349. The number of carbonyl (C=O) groups excluding carboxylic acids is 1. The second-order valence-corrected chi connectivity index (χ2v) is 3.12. The fraction of sp³-hybridized carbons (Fsp3) is 0.111. The molecule has 0 unspecified atom stereocenters. The van der Waals surface area contributed by atoms with Crippen molar-refractivity contribution in [2.45, 2.75) is 0 Å². The van der Waals surface area contributed by atoms with E-state index in [1.165, 1.54) is 19.4 Å². The first-order valence-corrected chi connectivity index (χ1v) is 4.34. The highest BCUT2D eigenvalue weighted by molar-refractivity contribution is 9.10. The highest BCUT2D eigenvalue weighted by atomic mass is 79.9. The molecule has 0 aromatic carbocycles. The van der Waals surface area contributed by atoms with Gasteiger partial charge < -0.3 is 4.74 Å². The van der Waals surface area contributed by atoms with Crippen LogP contribution in [-0.4, -0.2) is 17.9 Å². The molecular weight excluding hydrogens is 234 g/mol. The van der Waals surface area contributed by atoms with Crippen LogP contribution in [0.15, 0.2) is 29.5 Å². The third kappa shape index (κ3) is 1.95. The molecule has 0 bridgehead atoms. The lowest BCUT2D eigenvalue weighted by Gasteiger charge is -2.05. The molecule has 0 saturated heterocycles. The Morgan fingerprint density at radius 2 is 2.38 bits per heavy atom. The quantitative estimate of drug-likeness (QED) is 0.602. The zero-order valence-electron chi connectivity index (χ0n) is 7.08. The Morgan fingerprint density at radius 1 is 1.69 bits per heavy atom. The number of rotatable bonds is 3. The van der Waals surface area contributed by atoms with E-state index in [9.17, 15) is 4.79 Å². The van der Waals surface area contributed by atoms with E-state index in [4.69, 9.17) is 4.74 Å². The normalized spacial score (nSPS) is 9.38. The predicted octanol–water partition coefficient (Wildman–Crippen LogP) is 2.22. The lowest BCUT2D eigenvalue weighted by atomic mass is 10.1. The molecule has 0 saturated carbocycles. The summed E-state index contributed by atoms with van der Waals surface area (Å²) in [5.74, 6) is 0.255. The van der Waals surface area contributed by atoms with Crippen molar-refractivity contribution in [3.05, 3.63) is 35.1 Å². The van der Waals surface area contributed by atoms with Gasteiger partial charge in [-0.2, -0.15) is 0 Å². The number of aromatic nitrogens is 1. The maximum Gasteiger partial charge on any atom is 0.190 e. The molecular formula is C9H8BrNO2. The highest BCUT2D eigenvalue weighted by Crippen LogP contribution is 2.25. The van der Waals surface area contributed by atoms with Crippen LogP contribution < -0.4 is 4.74 Å². The van der Waals surface area contributed by atoms with Crippen LogP contribution in [0.2, 0.25) is 0 Å². The Morgan fingerprint density at radius 3 is 2.92 bits per heavy atom. The van der Waals surface area contributed by atoms with Gasteiger partial charge in [0.25, 0.3) is 0 Å². The Labute approximate surface area is 84.6 Å². The van der Waals surface area contributed by atoms with Gasteiger partial charge in [-0.3, -0.25) is 9.78 Å². The first kappa shape index (κ1) is 9.92. The van der Waals surface area contributed by atoms with Crippen molar-refractivity contribution in [2.24, 2.45) is 0 Å². The minimum Gasteiger partial charge on any atom is -0.494 e. The minimum absolute atomic E-state index is 0.189. The van der Waals surface area contributed by atoms with Crippen molar-refractivity contribution in [1.29, 1.82) is 0 Å². The van der Waals surface area contributed by atoms with Crippen molar-refractivity contribution in [1.82, 2.24) is 4.98 Å². The van der Waals surface area contributed by atoms with Crippen LogP contribution in [0.25, 0.3) is 0 Å². The first-order valence-electron chi connectivity index (χ1n) is 3.55. The van der Waals surface area contributed by atoms with Crippen LogP contribution in [-0.2, 0) is 0 Å². The first-order chi connectivity index (χ1) is 6.20. The highest BCUT2D eigenvalue weighted by Gasteiger charge is 2.13. The molecule has 0 aliphatic heterocycles. The summed E-state index contributed by atoms with van der Waals surface area (Å²) < 4.78 is 5.60. The molecule has 0 fully saturated rings. The van der Waals surface area contributed by atoms with Gasteiger partial charge in [0.05, 0.1) is 23.3 Å². The van der Waals surface area contributed by atoms with Crippen molar-refractivity contribution in [3.8, 4) is 5.75 Å². The molecule has 3 nitrogen and oxygen atoms in total. The number of halogens is 1. The molecule has 68 valence electrons. The lowest BCUT2D eigenvalue weighted by molar-refractivity contribution is 0.104. The summed E-state index contributed by atoms with van der Waals surface area (Å²) in [6.07, 6.45) is 4.27. The number of ether oxygens (including phenoxy) is 1. The maximum absolute atomic E-state index is 11.4. The molecule has 13 heavy (non-hydrogen) atoms. The van der Waals surface area contributed by atoms with Gasteiger partial charge in [0.1, 0.15) is 5.75 Å². The van der Waals surface area contributed by atoms with Gasteiger partial charge in [0, 0.05) is 6.20 Å². The second-order valence-electron chi connectivity index (χ2n) is 2.27. The third-order valence-corrected chi connectivity index (χ3v) is 2.12. The number of hydrogen-bond donors (Lipinski definition) is 0. The van der Waals surface area contributed by atoms with Gasteiger partial charge >= 0.3 is 0 Å². The molecule has 0 atom stereocenters. The van der Waals surface area contributed by atoms with Crippen molar-refractivity contribution in [3.63, 3.8) is 0 Å². The number of methoxy groups -OCH3 is 1. The van der Waals surface area contributed by atoms with E-state index in [1.807, 2.05) is 0 Å². The largest absolute Gasteiger partial charge is 0.494 e. The van der Waals surface area contributed by atoms with E-state index in [0.29, 0.717) is 15.8 Å². The summed E-state index contributed by atoms with van der Waals surface area (Å²) >= 11 is 3.22. The topological polar surface area (TPSA) is 39.2 Å². The summed E-state index contributed by atoms with van der Waals surface area (Å²) in [6, 6.07) is 0. The molecule has 0 aliphatic carbocycles. The summed E-state index contributed by atoms with van der Waals surface area (Å²) in [7, 11) is 1.49. The van der Waals surface area contributed by atoms with Gasteiger partial charge in [-0.1, -0.05) is 6.58 Å². The molecule has 1 heterocycles. The number of nitrogens with zero attached hydrogens (tertiary/aromatic N) is 1. The van der Waals surface area contributed by atoms with Crippen molar-refractivity contribution < 1.29 is 9.53 Å². The van der Waals surface area contributed by atoms with E-state index in [2.05, 4.69) is 27.5 Å². The smallest absolute Gasteiger partial charge is 0.190 e. The van der Waals surface area contributed by atoms with Gasteiger partial charge in [-0.15, -0.1) is 0 Å². The van der Waals surface area contributed by atoms with Crippen LogP contribution in [0.4, 0.5) is 0 Å². The Kier molecular flexibility index (Phi) is 3.19. The molecule has 1 aromatic rings. The Balaban J connectivity index is 3.30. The molecule has 4 heteroatoms. The van der Waals surface area contributed by atoms with E-state index in [1.54, 1.807) is 6.20 Å². The fourth-order valence-corrected chi connectivity index (χ4v) is 1.42. The zero-order valence-corrected chi connectivity index (χ0v) is 8.67. The number of ketones is 1. The summed E-state index contributed by atoms with van der Waals surface area (Å²) in [6.45, 7) is 3.41. The van der Waals surface area contributed by atoms with Crippen LogP contribution in [0.5, 0.6) is 5.75 Å². The van der Waals surface area contributed by atoms with Crippen LogP contribution in [0.3, 0.4) is 0 Å². The second kappa shape index (κ2) is 4.18. The predicted molar refractivity (Wildman–Crippen MR) is 53.0 cm³/mol. The number of hydrogen-bond acceptors (Lipinski definition) is 3. The molecule has 0 aliphatic rings. The standard InChI is InChI=1S/C9H8BrNO2/c1-3-7(12)9-6(10)4-11-5-8(9)13-2/h3-5H,1H2,2H3. The van der Waals surface area contributed by atoms with Crippen molar-refractivity contribution in [2.75, 3.05) is 7.11 Å². The molecule has 0 N–H and O–H groups in total. The van der Waals surface area contributed by atoms with Crippen molar-refractivity contribution >= 4 is 21.7 Å². The van der Waals surface area contributed by atoms with Gasteiger partial charge in [-0.25, -0.2) is 0 Å². The van der Waals surface area contributed by atoms with E-state index in [-0.39, 0.29) is 5.78 Å². The van der Waals surface area contributed by atoms with Gasteiger partial charge in [0.2, 0.25) is 0 Å². The lowest BCUT2D eigenvalue weighted by Crippen LogP contribution is -2.00. The number of allylic oxidation sites excluding steroid dienone is 1. The van der Waals surface area contributed by atoms with E-state index >= 15 is 0 Å². The molecule has 1 aromatic heterocycles. The van der Waals surface area contributed by atoms with Crippen LogP contribution in [0, 0.1) is 0 Å². The SMILES string of the molecule is C=CC(=O)c1c(Br)cncc1OC. The zero-order chi connectivity index (χ0) is 9.84. The maximum atomic E-state index is 11.4. The molecule has 0 spiro atoms. The third-order valence-electron chi connectivity index (χ3n) is 1.52. The average molecular weight is 242 g/mol. The van der Waals surface area contributed by atoms with E-state index in [0.717, 1.165) is 0 Å². The number of carbonyl (C=O) groups is 1. The van der Waals surface area contributed by atoms with Gasteiger partial charge in [0.15, 0.2) is 5.78 Å². The van der Waals surface area contributed by atoms with Crippen LogP contribution in [0.1, 0.15) is 10.4 Å². The van der Waals surface area contributed by atoms with E-state index < -0.39 is 0 Å². The number of pyridine rings is 1. The molecule has 0 radical (unpaired) electrons. The summed E-state index contributed by atoms with van der Waals surface area (Å²) in [4.78, 5) is 15.2. The molecule has 1 rings (SSSR count). The van der Waals surface area contributed by atoms with Crippen LogP contribution >= 0.6 is 15.9 Å². The summed E-state index contributed by atoms with van der Waals surface area (Å²) in [5.41, 5.74) is 0.451. The average Bonchev–Trinajstić information content (AvgIpc) is 2.16. The fourth-order valence-electron chi connectivity index (χ4n) is 0.913.